The predicted molar refractivity (Wildman–Crippen MR) is 63.0 cm³/mol. The zero-order valence-electron chi connectivity index (χ0n) is 10.3. The van der Waals surface area contributed by atoms with Crippen LogP contribution in [-0.2, 0) is 16.0 Å². The van der Waals surface area contributed by atoms with E-state index in [1.165, 1.54) is 0 Å². The van der Waals surface area contributed by atoms with Gasteiger partial charge in [-0.25, -0.2) is 4.98 Å². The summed E-state index contributed by atoms with van der Waals surface area (Å²) in [6.07, 6.45) is 3.30. The molecule has 0 radical (unpaired) electrons. The molecular weight excluding hydrogens is 222 g/mol. The third kappa shape index (κ3) is 6.15. The van der Waals surface area contributed by atoms with Crippen LogP contribution in [-0.4, -0.2) is 50.6 Å². The third-order valence-electron chi connectivity index (χ3n) is 1.93. The van der Waals surface area contributed by atoms with Gasteiger partial charge in [0.2, 0.25) is 5.88 Å². The molecule has 1 heterocycles. The van der Waals surface area contributed by atoms with Gasteiger partial charge < -0.3 is 19.5 Å². The predicted octanol–water partition coefficient (Wildman–Crippen LogP) is 0.238. The summed E-state index contributed by atoms with van der Waals surface area (Å²) in [4.78, 5) is 8.31. The fourth-order valence-electron chi connectivity index (χ4n) is 1.17. The fourth-order valence-corrected chi connectivity index (χ4v) is 1.17. The first kappa shape index (κ1) is 13.8. The topological polar surface area (TPSA) is 65.5 Å². The van der Waals surface area contributed by atoms with E-state index in [0.29, 0.717) is 38.9 Å². The van der Waals surface area contributed by atoms with Gasteiger partial charge in [-0.3, -0.25) is 4.98 Å². The Morgan fingerprint density at radius 2 is 2.00 bits per heavy atom. The lowest BCUT2D eigenvalue weighted by molar-refractivity contribution is 0.0536. The van der Waals surface area contributed by atoms with Crippen molar-refractivity contribution < 1.29 is 14.2 Å². The Balaban J connectivity index is 2.19. The molecule has 0 aliphatic heterocycles. The molecule has 1 rings (SSSR count). The molecule has 1 aromatic rings. The van der Waals surface area contributed by atoms with Crippen molar-refractivity contribution in [1.82, 2.24) is 15.3 Å². The molecule has 0 bridgehead atoms. The minimum atomic E-state index is 0.460. The van der Waals surface area contributed by atoms with Crippen LogP contribution in [0.2, 0.25) is 0 Å². The normalized spacial score (nSPS) is 10.5. The van der Waals surface area contributed by atoms with Crippen molar-refractivity contribution in [3.05, 3.63) is 18.1 Å². The molecule has 1 N–H and O–H groups in total. The first-order chi connectivity index (χ1) is 8.36. The summed E-state index contributed by atoms with van der Waals surface area (Å²) in [6.45, 7) is 2.82. The summed E-state index contributed by atoms with van der Waals surface area (Å²) in [5, 5.41) is 3.01. The molecule has 17 heavy (non-hydrogen) atoms. The van der Waals surface area contributed by atoms with Crippen LogP contribution in [0, 0.1) is 0 Å². The number of hydrogen-bond acceptors (Lipinski definition) is 6. The highest BCUT2D eigenvalue weighted by Gasteiger charge is 1.99. The van der Waals surface area contributed by atoms with Gasteiger partial charge in [0.1, 0.15) is 6.61 Å². The summed E-state index contributed by atoms with van der Waals surface area (Å²) < 4.78 is 15.5. The molecule has 0 aliphatic carbocycles. The standard InChI is InChI=1S/C11H19N3O3/c1-12-7-10-8-13-9-11(14-10)17-6-5-16-4-3-15-2/h8-9,12H,3-7H2,1-2H3. The Morgan fingerprint density at radius 3 is 2.76 bits per heavy atom. The van der Waals surface area contributed by atoms with Gasteiger partial charge in [0.15, 0.2) is 0 Å². The molecular formula is C11H19N3O3. The molecule has 0 fully saturated rings. The monoisotopic (exact) mass is 241 g/mol. The lowest BCUT2D eigenvalue weighted by atomic mass is 10.4. The van der Waals surface area contributed by atoms with Crippen LogP contribution in [0.4, 0.5) is 0 Å². The molecule has 1 aromatic heterocycles. The molecule has 0 aliphatic rings. The van der Waals surface area contributed by atoms with E-state index < -0.39 is 0 Å². The van der Waals surface area contributed by atoms with Crippen molar-refractivity contribution in [3.8, 4) is 5.88 Å². The van der Waals surface area contributed by atoms with Crippen molar-refractivity contribution >= 4 is 0 Å². The number of ether oxygens (including phenoxy) is 3. The highest BCUT2D eigenvalue weighted by Crippen LogP contribution is 2.04. The summed E-state index contributed by atoms with van der Waals surface area (Å²) >= 11 is 0. The average molecular weight is 241 g/mol. The van der Waals surface area contributed by atoms with E-state index in [1.54, 1.807) is 19.5 Å². The minimum Gasteiger partial charge on any atom is -0.474 e. The number of hydrogen-bond donors (Lipinski definition) is 1. The smallest absolute Gasteiger partial charge is 0.232 e. The molecule has 0 atom stereocenters. The molecule has 0 aromatic carbocycles. The van der Waals surface area contributed by atoms with Crippen LogP contribution in [0.5, 0.6) is 5.88 Å². The number of rotatable bonds is 9. The quantitative estimate of drug-likeness (QED) is 0.625. The van der Waals surface area contributed by atoms with Gasteiger partial charge >= 0.3 is 0 Å². The van der Waals surface area contributed by atoms with Crippen molar-refractivity contribution in [1.29, 1.82) is 0 Å². The number of aromatic nitrogens is 2. The molecule has 0 unspecified atom stereocenters. The largest absolute Gasteiger partial charge is 0.474 e. The van der Waals surface area contributed by atoms with E-state index in [-0.39, 0.29) is 0 Å². The molecule has 96 valence electrons. The van der Waals surface area contributed by atoms with E-state index in [4.69, 9.17) is 14.2 Å². The molecule has 0 saturated heterocycles. The molecule has 0 amide bonds. The van der Waals surface area contributed by atoms with Crippen LogP contribution in [0.3, 0.4) is 0 Å². The Morgan fingerprint density at radius 1 is 1.18 bits per heavy atom. The average Bonchev–Trinajstić information content (AvgIpc) is 2.35. The number of nitrogens with zero attached hydrogens (tertiary/aromatic N) is 2. The Hall–Kier alpha value is -1.24. The van der Waals surface area contributed by atoms with Crippen LogP contribution in [0.1, 0.15) is 5.69 Å². The highest BCUT2D eigenvalue weighted by atomic mass is 16.5. The maximum Gasteiger partial charge on any atom is 0.232 e. The molecule has 0 saturated carbocycles. The first-order valence-electron chi connectivity index (χ1n) is 5.52. The highest BCUT2D eigenvalue weighted by molar-refractivity contribution is 5.08. The van der Waals surface area contributed by atoms with Gasteiger partial charge in [0.05, 0.1) is 31.7 Å². The zero-order valence-corrected chi connectivity index (χ0v) is 10.3. The first-order valence-corrected chi connectivity index (χ1v) is 5.52. The van der Waals surface area contributed by atoms with Crippen molar-refractivity contribution in [3.63, 3.8) is 0 Å². The Bertz CT molecular complexity index is 310. The summed E-state index contributed by atoms with van der Waals surface area (Å²) in [7, 11) is 3.50. The third-order valence-corrected chi connectivity index (χ3v) is 1.93. The molecule has 6 heteroatoms. The van der Waals surface area contributed by atoms with E-state index in [1.807, 2.05) is 7.05 Å². The van der Waals surface area contributed by atoms with Gasteiger partial charge in [-0.2, -0.15) is 0 Å². The van der Waals surface area contributed by atoms with E-state index in [9.17, 15) is 0 Å². The SMILES string of the molecule is CNCc1cncc(OCCOCCOC)n1. The van der Waals surface area contributed by atoms with Gasteiger partial charge in [-0.1, -0.05) is 0 Å². The fraction of sp³-hybridized carbons (Fsp3) is 0.636. The minimum absolute atomic E-state index is 0.460. The Kier molecular flexibility index (Phi) is 7.20. The summed E-state index contributed by atoms with van der Waals surface area (Å²) in [5.41, 5.74) is 0.852. The van der Waals surface area contributed by atoms with Crippen LogP contribution in [0.25, 0.3) is 0 Å². The van der Waals surface area contributed by atoms with E-state index >= 15 is 0 Å². The van der Waals surface area contributed by atoms with Gasteiger partial charge in [0, 0.05) is 19.9 Å². The number of nitrogens with one attached hydrogen (secondary N) is 1. The lowest BCUT2D eigenvalue weighted by Crippen LogP contribution is -2.12. The van der Waals surface area contributed by atoms with Gasteiger partial charge in [0.25, 0.3) is 0 Å². The zero-order chi connectivity index (χ0) is 12.3. The lowest BCUT2D eigenvalue weighted by Gasteiger charge is -2.07. The van der Waals surface area contributed by atoms with Crippen molar-refractivity contribution in [2.24, 2.45) is 0 Å². The van der Waals surface area contributed by atoms with Crippen LogP contribution < -0.4 is 10.1 Å². The molecule has 6 nitrogen and oxygen atoms in total. The van der Waals surface area contributed by atoms with Crippen LogP contribution in [0.15, 0.2) is 12.4 Å². The van der Waals surface area contributed by atoms with Crippen LogP contribution >= 0.6 is 0 Å². The van der Waals surface area contributed by atoms with Gasteiger partial charge in [-0.15, -0.1) is 0 Å². The summed E-state index contributed by atoms with van der Waals surface area (Å²) in [5.74, 6) is 0.521. The molecule has 0 spiro atoms. The maximum absolute atomic E-state index is 5.41. The Labute approximate surface area is 101 Å². The van der Waals surface area contributed by atoms with Crippen molar-refractivity contribution in [2.75, 3.05) is 40.6 Å². The van der Waals surface area contributed by atoms with Crippen molar-refractivity contribution in [2.45, 2.75) is 6.54 Å². The number of methoxy groups -OCH3 is 1. The second kappa shape index (κ2) is 8.86. The second-order valence-electron chi connectivity index (χ2n) is 3.33. The van der Waals surface area contributed by atoms with E-state index in [0.717, 1.165) is 5.69 Å². The van der Waals surface area contributed by atoms with Gasteiger partial charge in [-0.05, 0) is 7.05 Å². The maximum atomic E-state index is 5.41. The second-order valence-corrected chi connectivity index (χ2v) is 3.33. The van der Waals surface area contributed by atoms with E-state index in [2.05, 4.69) is 15.3 Å². The summed E-state index contributed by atoms with van der Waals surface area (Å²) in [6, 6.07) is 0.